The van der Waals surface area contributed by atoms with Crippen LogP contribution in [0.1, 0.15) is 63.5 Å². The number of alkyl halides is 1. The number of β-amino-alcohol motifs (C(OH)–C–C–N with tert-alkyl or cyclic N) is 1. The van der Waals surface area contributed by atoms with Crippen molar-refractivity contribution in [1.82, 2.24) is 30.0 Å². The van der Waals surface area contributed by atoms with Crippen LogP contribution in [0.2, 0.25) is 0 Å². The summed E-state index contributed by atoms with van der Waals surface area (Å²) in [7, 11) is 0. The zero-order valence-electron chi connectivity index (χ0n) is 25.5. The number of H-pyrrole nitrogens is 1. The van der Waals surface area contributed by atoms with Crippen LogP contribution < -0.4 is 9.64 Å². The standard InChI is InChI=1S/C33H39F2N7O2/c1-4-5-8-22-20(2)13-25-23(16-37-40-25)26(22)29-27(35)28-24(15-36-29)30(41-11-6-9-32(3,43)18-41)39-31(38-28)44-19-33-10-7-12-42(33)17-21(34)14-33/h5,8,13,15-16,21,43H,4,6-7,9-12,14,17-19H2,1-3H3,(H,37,40)/b8-5-/t21-,32-,33+/m1/s1. The van der Waals surface area contributed by atoms with E-state index >= 15 is 4.39 Å². The molecule has 232 valence electrons. The number of aromatic amines is 1. The molecular weight excluding hydrogens is 564 g/mol. The third-order valence-corrected chi connectivity index (χ3v) is 9.60. The predicted molar refractivity (Wildman–Crippen MR) is 167 cm³/mol. The van der Waals surface area contributed by atoms with Gasteiger partial charge in [0.05, 0.1) is 28.2 Å². The lowest BCUT2D eigenvalue weighted by Crippen LogP contribution is -2.46. The topological polar surface area (TPSA) is 103 Å². The Morgan fingerprint density at radius 1 is 1.18 bits per heavy atom. The van der Waals surface area contributed by atoms with Gasteiger partial charge in [0.15, 0.2) is 5.82 Å². The van der Waals surface area contributed by atoms with Crippen molar-refractivity contribution in [2.75, 3.05) is 37.7 Å². The minimum Gasteiger partial charge on any atom is -0.461 e. The Morgan fingerprint density at radius 3 is 2.84 bits per heavy atom. The second-order valence-corrected chi connectivity index (χ2v) is 13.0. The Balaban J connectivity index is 1.38. The average molecular weight is 604 g/mol. The van der Waals surface area contributed by atoms with Gasteiger partial charge >= 0.3 is 6.01 Å². The molecule has 0 bridgehead atoms. The molecule has 3 fully saturated rings. The van der Waals surface area contributed by atoms with Gasteiger partial charge in [0.25, 0.3) is 0 Å². The second-order valence-electron chi connectivity index (χ2n) is 13.0. The van der Waals surface area contributed by atoms with Crippen molar-refractivity contribution in [2.45, 2.75) is 76.6 Å². The van der Waals surface area contributed by atoms with E-state index in [0.29, 0.717) is 49.2 Å². The largest absolute Gasteiger partial charge is 0.461 e. The van der Waals surface area contributed by atoms with Crippen LogP contribution in [0.4, 0.5) is 14.6 Å². The summed E-state index contributed by atoms with van der Waals surface area (Å²) in [5.41, 5.74) is 2.21. The van der Waals surface area contributed by atoms with Crippen LogP contribution >= 0.6 is 0 Å². The Hall–Kier alpha value is -3.70. The van der Waals surface area contributed by atoms with E-state index in [2.05, 4.69) is 32.0 Å². The molecule has 2 N–H and O–H groups in total. The van der Waals surface area contributed by atoms with E-state index in [-0.39, 0.29) is 23.8 Å². The highest BCUT2D eigenvalue weighted by atomic mass is 19.1. The van der Waals surface area contributed by atoms with Crippen LogP contribution in [-0.4, -0.2) is 85.3 Å². The van der Waals surface area contributed by atoms with Gasteiger partial charge in [0, 0.05) is 43.2 Å². The lowest BCUT2D eigenvalue weighted by molar-refractivity contribution is 0.0447. The molecular formula is C33H39F2N7O2. The number of aliphatic hydroxyl groups is 1. The Morgan fingerprint density at radius 2 is 2.02 bits per heavy atom. The van der Waals surface area contributed by atoms with Gasteiger partial charge in [-0.05, 0) is 69.7 Å². The maximum absolute atomic E-state index is 16.9. The number of aryl methyl sites for hydroxylation is 1. The Bertz CT molecular complexity index is 1760. The minimum absolute atomic E-state index is 0.0427. The first-order valence-electron chi connectivity index (χ1n) is 15.7. The first-order valence-corrected chi connectivity index (χ1v) is 15.7. The highest BCUT2D eigenvalue weighted by Crippen LogP contribution is 2.42. The number of hydrogen-bond donors (Lipinski definition) is 2. The van der Waals surface area contributed by atoms with Crippen molar-refractivity contribution in [3.63, 3.8) is 0 Å². The van der Waals surface area contributed by atoms with Crippen molar-refractivity contribution in [2.24, 2.45) is 0 Å². The fraction of sp³-hybridized carbons (Fsp3) is 0.515. The third-order valence-electron chi connectivity index (χ3n) is 9.60. The molecule has 11 heteroatoms. The highest BCUT2D eigenvalue weighted by molar-refractivity contribution is 6.01. The quantitative estimate of drug-likeness (QED) is 0.276. The molecule has 4 aromatic rings. The van der Waals surface area contributed by atoms with Gasteiger partial charge in [0.1, 0.15) is 29.8 Å². The maximum atomic E-state index is 16.9. The summed E-state index contributed by atoms with van der Waals surface area (Å²) >= 11 is 0. The summed E-state index contributed by atoms with van der Waals surface area (Å²) in [6.45, 7) is 8.31. The second kappa shape index (κ2) is 11.0. The predicted octanol–water partition coefficient (Wildman–Crippen LogP) is 5.75. The van der Waals surface area contributed by atoms with E-state index in [0.717, 1.165) is 54.3 Å². The van der Waals surface area contributed by atoms with Crippen LogP contribution in [0.25, 0.3) is 39.1 Å². The summed E-state index contributed by atoms with van der Waals surface area (Å²) in [6, 6.07) is 2.05. The van der Waals surface area contributed by atoms with Crippen LogP contribution in [-0.2, 0) is 0 Å². The van der Waals surface area contributed by atoms with Gasteiger partial charge in [-0.1, -0.05) is 19.1 Å². The molecule has 44 heavy (non-hydrogen) atoms. The Kier molecular flexibility index (Phi) is 7.28. The van der Waals surface area contributed by atoms with E-state index in [1.54, 1.807) is 19.3 Å². The normalized spacial score (nSPS) is 26.0. The van der Waals surface area contributed by atoms with Gasteiger partial charge in [0.2, 0.25) is 0 Å². The van der Waals surface area contributed by atoms with Gasteiger partial charge in [-0.3, -0.25) is 15.0 Å². The molecule has 0 amide bonds. The van der Waals surface area contributed by atoms with Crippen molar-refractivity contribution < 1.29 is 18.6 Å². The van der Waals surface area contributed by atoms with Crippen molar-refractivity contribution in [3.05, 3.63) is 41.5 Å². The minimum atomic E-state index is -0.916. The van der Waals surface area contributed by atoms with Crippen molar-refractivity contribution in [1.29, 1.82) is 0 Å². The number of nitrogens with zero attached hydrogens (tertiary/aromatic N) is 6. The number of fused-ring (bicyclic) bond motifs is 3. The smallest absolute Gasteiger partial charge is 0.319 e. The molecule has 3 saturated heterocycles. The molecule has 3 atom stereocenters. The monoisotopic (exact) mass is 603 g/mol. The molecule has 3 aliphatic heterocycles. The molecule has 3 aromatic heterocycles. The lowest BCUT2D eigenvalue weighted by Gasteiger charge is -2.38. The third kappa shape index (κ3) is 4.99. The summed E-state index contributed by atoms with van der Waals surface area (Å²) in [4.78, 5) is 18.2. The van der Waals surface area contributed by atoms with E-state index in [9.17, 15) is 9.50 Å². The highest BCUT2D eigenvalue weighted by Gasteiger charge is 2.49. The first-order chi connectivity index (χ1) is 21.2. The molecule has 3 aliphatic rings. The number of ether oxygens (including phenoxy) is 1. The number of rotatable bonds is 7. The first kappa shape index (κ1) is 29.0. The molecule has 7 rings (SSSR count). The van der Waals surface area contributed by atoms with E-state index < -0.39 is 23.1 Å². The molecule has 0 spiro atoms. The number of benzene rings is 1. The van der Waals surface area contributed by atoms with E-state index in [4.69, 9.17) is 9.72 Å². The number of aromatic nitrogens is 5. The number of hydrogen-bond acceptors (Lipinski definition) is 8. The maximum Gasteiger partial charge on any atom is 0.319 e. The average Bonchev–Trinajstić information content (AvgIpc) is 3.68. The number of pyridine rings is 1. The van der Waals surface area contributed by atoms with Crippen LogP contribution in [0.3, 0.4) is 0 Å². The lowest BCUT2D eigenvalue weighted by atomic mass is 9.94. The number of nitrogens with one attached hydrogen (secondary N) is 1. The molecule has 6 heterocycles. The number of anilines is 1. The van der Waals surface area contributed by atoms with Crippen LogP contribution in [0, 0.1) is 12.7 Å². The molecule has 0 unspecified atom stereocenters. The van der Waals surface area contributed by atoms with Crippen LogP contribution in [0.15, 0.2) is 24.5 Å². The van der Waals surface area contributed by atoms with Gasteiger partial charge < -0.3 is 14.7 Å². The Labute approximate surface area is 255 Å². The summed E-state index contributed by atoms with van der Waals surface area (Å²) < 4.78 is 37.6. The zero-order valence-corrected chi connectivity index (χ0v) is 25.5. The number of piperidine rings is 1. The number of halogens is 2. The molecule has 0 saturated carbocycles. The summed E-state index contributed by atoms with van der Waals surface area (Å²) in [5.74, 6) is -0.105. The van der Waals surface area contributed by atoms with E-state index in [1.165, 1.54) is 0 Å². The molecule has 0 aliphatic carbocycles. The molecule has 0 radical (unpaired) electrons. The number of allylic oxidation sites excluding steroid dienone is 1. The van der Waals surface area contributed by atoms with Gasteiger partial charge in [-0.25, -0.2) is 8.78 Å². The van der Waals surface area contributed by atoms with Gasteiger partial charge in [-0.15, -0.1) is 0 Å². The fourth-order valence-corrected chi connectivity index (χ4v) is 7.50. The fourth-order valence-electron chi connectivity index (χ4n) is 7.50. The van der Waals surface area contributed by atoms with Crippen LogP contribution in [0.5, 0.6) is 6.01 Å². The van der Waals surface area contributed by atoms with Crippen molar-refractivity contribution >= 4 is 33.7 Å². The zero-order chi connectivity index (χ0) is 30.6. The summed E-state index contributed by atoms with van der Waals surface area (Å²) in [5, 5.41) is 19.4. The SMILES string of the molecule is CC/C=C\c1c(C)cc2[nH]ncc2c1-c1ncc2c(N3CCC[C@@](C)(O)C3)nc(OC[C@@]34CCCN3C[C@H](F)C4)nc2c1F. The van der Waals surface area contributed by atoms with Crippen molar-refractivity contribution in [3.8, 4) is 17.3 Å². The summed E-state index contributed by atoms with van der Waals surface area (Å²) in [6.07, 6.45) is 11.0. The van der Waals surface area contributed by atoms with Gasteiger partial charge in [-0.2, -0.15) is 15.1 Å². The molecule has 1 aromatic carbocycles. The molecule has 9 nitrogen and oxygen atoms in total. The van der Waals surface area contributed by atoms with E-state index in [1.807, 2.05) is 30.0 Å².